The minimum Gasteiger partial charge on any atom is -0.496 e. The molecule has 0 fully saturated rings. The van der Waals surface area contributed by atoms with Gasteiger partial charge in [-0.05, 0) is 43.7 Å². The fraction of sp³-hybridized carbons (Fsp3) is 0.263. The number of benzene rings is 2. The van der Waals surface area contributed by atoms with Crippen molar-refractivity contribution >= 4 is 0 Å². The minimum absolute atomic E-state index is 0.695. The lowest BCUT2D eigenvalue weighted by Gasteiger charge is -2.09. The Kier molecular flexibility index (Phi) is 5.23. The molecule has 0 amide bonds. The van der Waals surface area contributed by atoms with Crippen LogP contribution >= 0.6 is 0 Å². The molecule has 24 heavy (non-hydrogen) atoms. The highest BCUT2D eigenvalue weighted by Gasteiger charge is 2.05. The number of hydrogen-bond acceptors (Lipinski definition) is 4. The SMILES string of the molecule is COc1ccc(C)cc1CCNCc1cnn(-c2ccccc2)n1. The van der Waals surface area contributed by atoms with E-state index in [1.54, 1.807) is 18.1 Å². The van der Waals surface area contributed by atoms with Gasteiger partial charge in [0.2, 0.25) is 0 Å². The highest BCUT2D eigenvalue weighted by Crippen LogP contribution is 2.19. The number of methoxy groups -OCH3 is 1. The van der Waals surface area contributed by atoms with Gasteiger partial charge in [-0.15, -0.1) is 0 Å². The van der Waals surface area contributed by atoms with Gasteiger partial charge < -0.3 is 10.1 Å². The zero-order valence-corrected chi connectivity index (χ0v) is 14.1. The van der Waals surface area contributed by atoms with Crippen LogP contribution in [0.25, 0.3) is 5.69 Å². The third-order valence-corrected chi connectivity index (χ3v) is 3.84. The molecule has 1 N–H and O–H groups in total. The predicted octanol–water partition coefficient (Wildman–Crippen LogP) is 2.92. The summed E-state index contributed by atoms with van der Waals surface area (Å²) < 4.78 is 5.41. The Hall–Kier alpha value is -2.66. The smallest absolute Gasteiger partial charge is 0.122 e. The molecule has 0 atom stereocenters. The van der Waals surface area contributed by atoms with Crippen molar-refractivity contribution in [2.45, 2.75) is 19.9 Å². The molecule has 3 aromatic rings. The molecule has 0 radical (unpaired) electrons. The van der Waals surface area contributed by atoms with E-state index in [1.807, 2.05) is 36.4 Å². The predicted molar refractivity (Wildman–Crippen MR) is 94.5 cm³/mol. The Bertz CT molecular complexity index is 783. The first-order chi connectivity index (χ1) is 11.8. The van der Waals surface area contributed by atoms with Gasteiger partial charge >= 0.3 is 0 Å². The minimum atomic E-state index is 0.695. The van der Waals surface area contributed by atoms with Gasteiger partial charge in [-0.25, -0.2) is 0 Å². The second-order valence-corrected chi connectivity index (χ2v) is 5.70. The third-order valence-electron chi connectivity index (χ3n) is 3.84. The van der Waals surface area contributed by atoms with E-state index in [-0.39, 0.29) is 0 Å². The lowest BCUT2D eigenvalue weighted by atomic mass is 10.1. The van der Waals surface area contributed by atoms with Crippen LogP contribution in [0.1, 0.15) is 16.8 Å². The summed E-state index contributed by atoms with van der Waals surface area (Å²) in [6.07, 6.45) is 2.71. The van der Waals surface area contributed by atoms with Crippen molar-refractivity contribution in [1.29, 1.82) is 0 Å². The van der Waals surface area contributed by atoms with Crippen LogP contribution in [0.3, 0.4) is 0 Å². The van der Waals surface area contributed by atoms with Gasteiger partial charge in [0.1, 0.15) is 5.75 Å². The molecule has 2 aromatic carbocycles. The lowest BCUT2D eigenvalue weighted by Crippen LogP contribution is -2.17. The van der Waals surface area contributed by atoms with Gasteiger partial charge in [0.05, 0.1) is 24.7 Å². The molecule has 1 aromatic heterocycles. The maximum absolute atomic E-state index is 5.41. The molecular formula is C19H22N4O. The van der Waals surface area contributed by atoms with Crippen molar-refractivity contribution in [3.8, 4) is 11.4 Å². The summed E-state index contributed by atoms with van der Waals surface area (Å²) in [6, 6.07) is 16.2. The molecule has 0 unspecified atom stereocenters. The van der Waals surface area contributed by atoms with Gasteiger partial charge in [-0.1, -0.05) is 35.9 Å². The van der Waals surface area contributed by atoms with E-state index in [1.165, 1.54) is 11.1 Å². The molecule has 5 heteroatoms. The summed E-state index contributed by atoms with van der Waals surface area (Å²) in [6.45, 7) is 3.65. The number of hydrogen-bond donors (Lipinski definition) is 1. The average molecular weight is 322 g/mol. The molecule has 1 heterocycles. The summed E-state index contributed by atoms with van der Waals surface area (Å²) in [5.74, 6) is 0.942. The first kappa shape index (κ1) is 16.2. The molecule has 0 bridgehead atoms. The van der Waals surface area contributed by atoms with Crippen LogP contribution in [0.15, 0.2) is 54.7 Å². The van der Waals surface area contributed by atoms with Gasteiger partial charge in [0.15, 0.2) is 0 Å². The molecular weight excluding hydrogens is 300 g/mol. The highest BCUT2D eigenvalue weighted by atomic mass is 16.5. The van der Waals surface area contributed by atoms with E-state index in [4.69, 9.17) is 4.74 Å². The standard InChI is InChI=1S/C19H22N4O/c1-15-8-9-19(24-2)16(12-15)10-11-20-13-17-14-21-23(22-17)18-6-4-3-5-7-18/h3-9,12,14,20H,10-11,13H2,1-2H3. The maximum atomic E-state index is 5.41. The largest absolute Gasteiger partial charge is 0.496 e. The van der Waals surface area contributed by atoms with Crippen LogP contribution in [-0.2, 0) is 13.0 Å². The number of ether oxygens (including phenoxy) is 1. The van der Waals surface area contributed by atoms with Crippen molar-refractivity contribution in [2.75, 3.05) is 13.7 Å². The Labute approximate surface area is 142 Å². The molecule has 5 nitrogen and oxygen atoms in total. The van der Waals surface area contributed by atoms with Crippen LogP contribution in [-0.4, -0.2) is 28.6 Å². The van der Waals surface area contributed by atoms with E-state index >= 15 is 0 Å². The van der Waals surface area contributed by atoms with Gasteiger partial charge in [0.25, 0.3) is 0 Å². The number of rotatable bonds is 7. The van der Waals surface area contributed by atoms with E-state index < -0.39 is 0 Å². The molecule has 0 aliphatic heterocycles. The second-order valence-electron chi connectivity index (χ2n) is 5.70. The van der Waals surface area contributed by atoms with Gasteiger partial charge in [-0.2, -0.15) is 15.0 Å². The lowest BCUT2D eigenvalue weighted by molar-refractivity contribution is 0.409. The van der Waals surface area contributed by atoms with Crippen molar-refractivity contribution in [3.05, 3.63) is 71.5 Å². The van der Waals surface area contributed by atoms with Crippen molar-refractivity contribution in [2.24, 2.45) is 0 Å². The fourth-order valence-corrected chi connectivity index (χ4v) is 2.60. The Morgan fingerprint density at radius 3 is 2.75 bits per heavy atom. The molecule has 0 saturated carbocycles. The zero-order chi connectivity index (χ0) is 16.8. The zero-order valence-electron chi connectivity index (χ0n) is 14.1. The van der Waals surface area contributed by atoms with E-state index in [2.05, 4.69) is 34.6 Å². The number of para-hydroxylation sites is 1. The monoisotopic (exact) mass is 322 g/mol. The molecule has 0 aliphatic rings. The highest BCUT2D eigenvalue weighted by molar-refractivity contribution is 5.37. The first-order valence-corrected chi connectivity index (χ1v) is 8.07. The third kappa shape index (κ3) is 4.00. The summed E-state index contributed by atoms with van der Waals surface area (Å²) in [7, 11) is 1.71. The number of nitrogens with zero attached hydrogens (tertiary/aromatic N) is 3. The fourth-order valence-electron chi connectivity index (χ4n) is 2.60. The molecule has 0 saturated heterocycles. The Balaban J connectivity index is 1.52. The second kappa shape index (κ2) is 7.75. The van der Waals surface area contributed by atoms with Crippen molar-refractivity contribution < 1.29 is 4.74 Å². The quantitative estimate of drug-likeness (QED) is 0.680. The summed E-state index contributed by atoms with van der Waals surface area (Å²) in [5.41, 5.74) is 4.36. The van der Waals surface area contributed by atoms with Crippen LogP contribution in [0, 0.1) is 6.92 Å². The number of aromatic nitrogens is 3. The van der Waals surface area contributed by atoms with Crippen LogP contribution < -0.4 is 10.1 Å². The van der Waals surface area contributed by atoms with E-state index in [0.29, 0.717) is 6.54 Å². The Morgan fingerprint density at radius 1 is 1.12 bits per heavy atom. The number of nitrogens with one attached hydrogen (secondary N) is 1. The maximum Gasteiger partial charge on any atom is 0.122 e. The number of aryl methyl sites for hydroxylation is 1. The van der Waals surface area contributed by atoms with Gasteiger partial charge in [-0.3, -0.25) is 0 Å². The normalized spacial score (nSPS) is 10.8. The summed E-state index contributed by atoms with van der Waals surface area (Å²) >= 11 is 0. The summed E-state index contributed by atoms with van der Waals surface area (Å²) in [5, 5.41) is 12.2. The van der Waals surface area contributed by atoms with Crippen LogP contribution in [0.2, 0.25) is 0 Å². The Morgan fingerprint density at radius 2 is 1.96 bits per heavy atom. The molecule has 0 aliphatic carbocycles. The van der Waals surface area contributed by atoms with Crippen molar-refractivity contribution in [1.82, 2.24) is 20.3 Å². The molecule has 0 spiro atoms. The van der Waals surface area contributed by atoms with Gasteiger partial charge in [0, 0.05) is 6.54 Å². The van der Waals surface area contributed by atoms with Crippen molar-refractivity contribution in [3.63, 3.8) is 0 Å². The molecule has 124 valence electrons. The van der Waals surface area contributed by atoms with E-state index in [0.717, 1.165) is 30.1 Å². The van der Waals surface area contributed by atoms with Crippen LogP contribution in [0.4, 0.5) is 0 Å². The first-order valence-electron chi connectivity index (χ1n) is 8.07. The summed E-state index contributed by atoms with van der Waals surface area (Å²) in [4.78, 5) is 1.65. The topological polar surface area (TPSA) is 52.0 Å². The molecule has 3 rings (SSSR count). The van der Waals surface area contributed by atoms with E-state index in [9.17, 15) is 0 Å². The average Bonchev–Trinajstić information content (AvgIpc) is 3.09. The van der Waals surface area contributed by atoms with Crippen LogP contribution in [0.5, 0.6) is 5.75 Å².